The number of aromatic nitrogens is 2. The summed E-state index contributed by atoms with van der Waals surface area (Å²) >= 11 is 0. The molecule has 1 aromatic carbocycles. The number of rotatable bonds is 4. The molecule has 0 radical (unpaired) electrons. The number of aryl methyl sites for hydroxylation is 1. The van der Waals surface area contributed by atoms with Gasteiger partial charge in [0.2, 0.25) is 0 Å². The number of para-hydroxylation sites is 2. The van der Waals surface area contributed by atoms with Crippen LogP contribution in [0.4, 0.5) is 11.4 Å². The average Bonchev–Trinajstić information content (AvgIpc) is 3.00. The lowest BCUT2D eigenvalue weighted by atomic mass is 9.91. The highest BCUT2D eigenvalue weighted by Crippen LogP contribution is 2.34. The van der Waals surface area contributed by atoms with E-state index in [0.717, 1.165) is 19.4 Å². The summed E-state index contributed by atoms with van der Waals surface area (Å²) in [5, 5.41) is 21.8. The zero-order valence-corrected chi connectivity index (χ0v) is 13.0. The monoisotopic (exact) mass is 316 g/mol. The largest absolute Gasteiger partial charge is 0.385 e. The Bertz CT molecular complexity index is 700. The molecule has 0 bridgehead atoms. The second kappa shape index (κ2) is 6.37. The number of piperidine rings is 1. The fraction of sp³-hybridized carbons (Fsp3) is 0.438. The molecule has 2 heterocycles. The first kappa shape index (κ1) is 15.5. The third-order valence-corrected chi connectivity index (χ3v) is 4.45. The van der Waals surface area contributed by atoms with Gasteiger partial charge in [-0.15, -0.1) is 0 Å². The van der Waals surface area contributed by atoms with Crippen LogP contribution in [0.3, 0.4) is 0 Å². The quantitative estimate of drug-likeness (QED) is 0.691. The number of nitro benzene ring substituents is 1. The molecule has 0 saturated carbocycles. The molecule has 1 aliphatic heterocycles. The van der Waals surface area contributed by atoms with E-state index in [1.165, 1.54) is 6.07 Å². The molecular weight excluding hydrogens is 296 g/mol. The molecule has 2 unspecified atom stereocenters. The lowest BCUT2D eigenvalue weighted by Gasteiger charge is -2.36. The number of anilines is 1. The Morgan fingerprint density at radius 1 is 1.43 bits per heavy atom. The molecule has 3 rings (SSSR count). The van der Waals surface area contributed by atoms with E-state index < -0.39 is 6.10 Å². The van der Waals surface area contributed by atoms with Gasteiger partial charge in [-0.05, 0) is 18.9 Å². The maximum absolute atomic E-state index is 11.2. The van der Waals surface area contributed by atoms with E-state index in [1.54, 1.807) is 30.6 Å². The molecule has 7 nitrogen and oxygen atoms in total. The summed E-state index contributed by atoms with van der Waals surface area (Å²) in [6, 6.07) is 6.77. The molecule has 7 heteroatoms. The molecule has 122 valence electrons. The van der Waals surface area contributed by atoms with Crippen molar-refractivity contribution < 1.29 is 10.0 Å². The highest BCUT2D eigenvalue weighted by Gasteiger charge is 2.31. The van der Waals surface area contributed by atoms with E-state index in [4.69, 9.17) is 0 Å². The van der Waals surface area contributed by atoms with Crippen LogP contribution in [0.5, 0.6) is 0 Å². The second-order valence-corrected chi connectivity index (χ2v) is 5.94. The molecule has 1 N–H and O–H groups in total. The average molecular weight is 316 g/mol. The summed E-state index contributed by atoms with van der Waals surface area (Å²) in [4.78, 5) is 17.1. The number of hydrogen-bond acceptors (Lipinski definition) is 5. The van der Waals surface area contributed by atoms with Crippen molar-refractivity contribution in [2.45, 2.75) is 18.9 Å². The molecular formula is C16H20N4O3. The molecule has 1 fully saturated rings. The Balaban J connectivity index is 1.82. The molecule has 1 aliphatic rings. The Morgan fingerprint density at radius 3 is 2.91 bits per heavy atom. The van der Waals surface area contributed by atoms with Gasteiger partial charge in [-0.25, -0.2) is 4.98 Å². The highest BCUT2D eigenvalue weighted by atomic mass is 16.6. The summed E-state index contributed by atoms with van der Waals surface area (Å²) in [6.45, 7) is 1.34. The number of aliphatic hydroxyl groups is 1. The minimum Gasteiger partial charge on any atom is -0.385 e. The number of hydrogen-bond donors (Lipinski definition) is 1. The number of benzene rings is 1. The van der Waals surface area contributed by atoms with Crippen LogP contribution in [0.1, 0.15) is 24.8 Å². The maximum atomic E-state index is 11.2. The van der Waals surface area contributed by atoms with Crippen molar-refractivity contribution in [2.24, 2.45) is 13.0 Å². The van der Waals surface area contributed by atoms with E-state index in [-0.39, 0.29) is 16.5 Å². The zero-order chi connectivity index (χ0) is 16.4. The molecule has 23 heavy (non-hydrogen) atoms. The SMILES string of the molecule is Cn1ccnc1C(O)C1CCCN(c2ccccc2[N+](=O)[O-])C1. The summed E-state index contributed by atoms with van der Waals surface area (Å²) in [5.74, 6) is 0.643. The summed E-state index contributed by atoms with van der Waals surface area (Å²) < 4.78 is 1.81. The van der Waals surface area contributed by atoms with Gasteiger partial charge in [0.05, 0.1) is 4.92 Å². The Hall–Kier alpha value is -2.41. The minimum atomic E-state index is -0.666. The number of nitrogens with zero attached hydrogens (tertiary/aromatic N) is 4. The van der Waals surface area contributed by atoms with Gasteiger partial charge in [0.15, 0.2) is 0 Å². The first-order chi connectivity index (χ1) is 11.1. The predicted octanol–water partition coefficient (Wildman–Crippen LogP) is 2.28. The van der Waals surface area contributed by atoms with Crippen LogP contribution in [0.15, 0.2) is 36.7 Å². The maximum Gasteiger partial charge on any atom is 0.292 e. The third-order valence-electron chi connectivity index (χ3n) is 4.45. The van der Waals surface area contributed by atoms with Crippen molar-refractivity contribution in [3.05, 3.63) is 52.6 Å². The fourth-order valence-corrected chi connectivity index (χ4v) is 3.25. The summed E-state index contributed by atoms with van der Waals surface area (Å²) in [6.07, 6.45) is 4.58. The summed E-state index contributed by atoms with van der Waals surface area (Å²) in [7, 11) is 1.86. The third kappa shape index (κ3) is 3.05. The van der Waals surface area contributed by atoms with E-state index >= 15 is 0 Å². The van der Waals surface area contributed by atoms with Gasteiger partial charge in [0.1, 0.15) is 17.6 Å². The molecule has 0 spiro atoms. The van der Waals surface area contributed by atoms with Crippen LogP contribution in [0.25, 0.3) is 0 Å². The Kier molecular flexibility index (Phi) is 4.29. The molecule has 0 amide bonds. The van der Waals surface area contributed by atoms with Gasteiger partial charge in [-0.1, -0.05) is 12.1 Å². The number of imidazole rings is 1. The van der Waals surface area contributed by atoms with Crippen molar-refractivity contribution in [1.29, 1.82) is 0 Å². The zero-order valence-electron chi connectivity index (χ0n) is 13.0. The lowest BCUT2D eigenvalue weighted by molar-refractivity contribution is -0.384. The Labute approximate surface area is 134 Å². The van der Waals surface area contributed by atoms with Crippen LogP contribution >= 0.6 is 0 Å². The first-order valence-electron chi connectivity index (χ1n) is 7.71. The normalized spacial score (nSPS) is 19.6. The topological polar surface area (TPSA) is 84.4 Å². The van der Waals surface area contributed by atoms with Crippen molar-refractivity contribution in [3.8, 4) is 0 Å². The van der Waals surface area contributed by atoms with E-state index in [9.17, 15) is 15.2 Å². The van der Waals surface area contributed by atoms with Crippen LogP contribution in [-0.2, 0) is 7.05 Å². The smallest absolute Gasteiger partial charge is 0.292 e. The van der Waals surface area contributed by atoms with Gasteiger partial charge in [0.25, 0.3) is 5.69 Å². The standard InChI is InChI=1S/C16H20N4O3/c1-18-10-8-17-16(18)15(21)12-5-4-9-19(11-12)13-6-2-3-7-14(13)20(22)23/h2-3,6-8,10,12,15,21H,4-5,9,11H2,1H3. The van der Waals surface area contributed by atoms with Crippen molar-refractivity contribution >= 4 is 11.4 Å². The summed E-state index contributed by atoms with van der Waals surface area (Å²) in [5.41, 5.74) is 0.730. The van der Waals surface area contributed by atoms with Crippen LogP contribution in [0.2, 0.25) is 0 Å². The molecule has 2 atom stereocenters. The van der Waals surface area contributed by atoms with E-state index in [0.29, 0.717) is 18.1 Å². The molecule has 1 saturated heterocycles. The van der Waals surface area contributed by atoms with Crippen LogP contribution in [-0.4, -0.2) is 32.7 Å². The molecule has 1 aromatic heterocycles. The van der Waals surface area contributed by atoms with Gasteiger partial charge in [-0.3, -0.25) is 10.1 Å². The molecule has 2 aromatic rings. The fourth-order valence-electron chi connectivity index (χ4n) is 3.25. The molecule has 0 aliphatic carbocycles. The Morgan fingerprint density at radius 2 is 2.22 bits per heavy atom. The second-order valence-electron chi connectivity index (χ2n) is 5.94. The highest BCUT2D eigenvalue weighted by molar-refractivity contribution is 5.63. The van der Waals surface area contributed by atoms with Gasteiger partial charge >= 0.3 is 0 Å². The van der Waals surface area contributed by atoms with Crippen molar-refractivity contribution in [3.63, 3.8) is 0 Å². The predicted molar refractivity (Wildman–Crippen MR) is 86.2 cm³/mol. The lowest BCUT2D eigenvalue weighted by Crippen LogP contribution is -2.38. The van der Waals surface area contributed by atoms with Gasteiger partial charge in [0, 0.05) is 44.5 Å². The van der Waals surface area contributed by atoms with Crippen LogP contribution < -0.4 is 4.90 Å². The van der Waals surface area contributed by atoms with Gasteiger partial charge < -0.3 is 14.6 Å². The minimum absolute atomic E-state index is 0.00432. The van der Waals surface area contributed by atoms with Crippen LogP contribution in [0, 0.1) is 16.0 Å². The van der Waals surface area contributed by atoms with Crippen molar-refractivity contribution in [1.82, 2.24) is 9.55 Å². The van der Waals surface area contributed by atoms with E-state index in [2.05, 4.69) is 4.98 Å². The van der Waals surface area contributed by atoms with Crippen molar-refractivity contribution in [2.75, 3.05) is 18.0 Å². The van der Waals surface area contributed by atoms with Gasteiger partial charge in [-0.2, -0.15) is 0 Å². The number of aliphatic hydroxyl groups excluding tert-OH is 1. The first-order valence-corrected chi connectivity index (χ1v) is 7.71. The number of nitro groups is 1. The van der Waals surface area contributed by atoms with E-state index in [1.807, 2.05) is 16.5 Å².